The van der Waals surface area contributed by atoms with Gasteiger partial charge < -0.3 is 15.1 Å². The first-order chi connectivity index (χ1) is 13.5. The normalized spacial score (nSPS) is 21.3. The van der Waals surface area contributed by atoms with E-state index in [1.165, 1.54) is 0 Å². The number of hydrogen-bond donors (Lipinski definition) is 1. The number of piperazine rings is 1. The number of likely N-dealkylation sites (N-methyl/N-ethyl adjacent to an activating group) is 1. The smallest absolute Gasteiger partial charge is 0.251 e. The molecule has 6 nitrogen and oxygen atoms in total. The van der Waals surface area contributed by atoms with Crippen molar-refractivity contribution >= 4 is 21.4 Å². The van der Waals surface area contributed by atoms with E-state index in [0.717, 1.165) is 38.4 Å². The van der Waals surface area contributed by atoms with Gasteiger partial charge in [-0.2, -0.15) is 0 Å². The second-order valence-electron chi connectivity index (χ2n) is 7.31. The van der Waals surface area contributed by atoms with Crippen LogP contribution in [0.25, 0.3) is 0 Å². The molecule has 0 aromatic heterocycles. The Balaban J connectivity index is 1.44. The number of amides is 1. The van der Waals surface area contributed by atoms with Crippen LogP contribution in [0, 0.1) is 0 Å². The van der Waals surface area contributed by atoms with E-state index in [1.54, 1.807) is 24.3 Å². The molecule has 2 aliphatic rings. The summed E-state index contributed by atoms with van der Waals surface area (Å²) in [6.45, 7) is 7.32. The molecule has 1 atom stereocenters. The number of benzene rings is 2. The van der Waals surface area contributed by atoms with Crippen molar-refractivity contribution < 1.29 is 13.2 Å². The van der Waals surface area contributed by atoms with E-state index < -0.39 is 15.9 Å². The summed E-state index contributed by atoms with van der Waals surface area (Å²) < 4.78 is 24.6. The Morgan fingerprint density at radius 2 is 1.71 bits per heavy atom. The summed E-state index contributed by atoms with van der Waals surface area (Å²) >= 11 is 0. The monoisotopic (exact) mass is 399 g/mol. The van der Waals surface area contributed by atoms with E-state index >= 15 is 0 Å². The van der Waals surface area contributed by atoms with Gasteiger partial charge in [-0.1, -0.05) is 25.1 Å². The fourth-order valence-electron chi connectivity index (χ4n) is 3.96. The van der Waals surface area contributed by atoms with Gasteiger partial charge in [0.25, 0.3) is 5.91 Å². The highest BCUT2D eigenvalue weighted by Crippen LogP contribution is 2.33. The van der Waals surface area contributed by atoms with Crippen LogP contribution >= 0.6 is 0 Å². The standard InChI is InChI=1S/C21H25N3O3S/c1-2-23-11-13-24(14-12-23)17-9-7-16(8-10-17)21(25)22-19-15-28(26,27)20-6-4-3-5-18(19)20/h3-10,19H,2,11-15H2,1H3,(H,22,25). The van der Waals surface area contributed by atoms with Gasteiger partial charge in [0.1, 0.15) is 0 Å². The van der Waals surface area contributed by atoms with Gasteiger partial charge in [-0.15, -0.1) is 0 Å². The summed E-state index contributed by atoms with van der Waals surface area (Å²) in [5.41, 5.74) is 2.32. The zero-order chi connectivity index (χ0) is 19.7. The molecule has 0 radical (unpaired) electrons. The summed E-state index contributed by atoms with van der Waals surface area (Å²) in [5, 5.41) is 2.88. The summed E-state index contributed by atoms with van der Waals surface area (Å²) in [6, 6.07) is 13.9. The van der Waals surface area contributed by atoms with Crippen LogP contribution in [0.2, 0.25) is 0 Å². The number of hydrogen-bond acceptors (Lipinski definition) is 5. The number of carbonyl (C=O) groups excluding carboxylic acids is 1. The van der Waals surface area contributed by atoms with Gasteiger partial charge in [0, 0.05) is 37.4 Å². The number of fused-ring (bicyclic) bond motifs is 1. The van der Waals surface area contributed by atoms with Crippen LogP contribution in [-0.4, -0.2) is 57.7 Å². The minimum Gasteiger partial charge on any atom is -0.369 e. The molecule has 1 unspecified atom stereocenters. The van der Waals surface area contributed by atoms with Crippen LogP contribution in [0.15, 0.2) is 53.4 Å². The van der Waals surface area contributed by atoms with Crippen molar-refractivity contribution in [1.82, 2.24) is 10.2 Å². The number of sulfone groups is 1. The van der Waals surface area contributed by atoms with Gasteiger partial charge in [-0.05, 0) is 42.4 Å². The second kappa shape index (κ2) is 7.56. The van der Waals surface area contributed by atoms with E-state index in [-0.39, 0.29) is 11.7 Å². The molecule has 0 saturated carbocycles. The second-order valence-corrected chi connectivity index (χ2v) is 9.32. The molecule has 4 rings (SSSR count). The van der Waals surface area contributed by atoms with Crippen LogP contribution in [0.1, 0.15) is 28.9 Å². The number of nitrogens with one attached hydrogen (secondary N) is 1. The van der Waals surface area contributed by atoms with Crippen molar-refractivity contribution in [3.63, 3.8) is 0 Å². The zero-order valence-electron chi connectivity index (χ0n) is 16.0. The number of anilines is 1. The Hall–Kier alpha value is -2.38. The topological polar surface area (TPSA) is 69.7 Å². The summed E-state index contributed by atoms with van der Waals surface area (Å²) in [7, 11) is -3.34. The van der Waals surface area contributed by atoms with Crippen LogP contribution in [0.5, 0.6) is 0 Å². The summed E-state index contributed by atoms with van der Waals surface area (Å²) in [4.78, 5) is 17.7. The zero-order valence-corrected chi connectivity index (χ0v) is 16.8. The minimum atomic E-state index is -3.34. The molecule has 1 saturated heterocycles. The lowest BCUT2D eigenvalue weighted by Gasteiger charge is -2.35. The fourth-order valence-corrected chi connectivity index (χ4v) is 5.69. The Kier molecular flexibility index (Phi) is 5.12. The summed E-state index contributed by atoms with van der Waals surface area (Å²) in [6.07, 6.45) is 0. The molecule has 1 N–H and O–H groups in total. The lowest BCUT2D eigenvalue weighted by Crippen LogP contribution is -2.46. The Bertz CT molecular complexity index is 965. The largest absolute Gasteiger partial charge is 0.369 e. The van der Waals surface area contributed by atoms with Gasteiger partial charge >= 0.3 is 0 Å². The van der Waals surface area contributed by atoms with Gasteiger partial charge in [0.15, 0.2) is 9.84 Å². The van der Waals surface area contributed by atoms with E-state index in [2.05, 4.69) is 22.0 Å². The molecule has 0 spiro atoms. The number of rotatable bonds is 4. The average Bonchev–Trinajstić information content (AvgIpc) is 2.98. The average molecular weight is 400 g/mol. The maximum Gasteiger partial charge on any atom is 0.251 e. The first-order valence-corrected chi connectivity index (χ1v) is 11.3. The number of carbonyl (C=O) groups is 1. The third-order valence-corrected chi connectivity index (χ3v) is 7.45. The minimum absolute atomic E-state index is 0.0854. The van der Waals surface area contributed by atoms with Crippen LogP contribution in [0.4, 0.5) is 5.69 Å². The molecule has 2 aliphatic heterocycles. The predicted octanol–water partition coefficient (Wildman–Crippen LogP) is 2.09. The third-order valence-electron chi connectivity index (χ3n) is 5.64. The van der Waals surface area contributed by atoms with E-state index in [9.17, 15) is 13.2 Å². The molecule has 0 bridgehead atoms. The van der Waals surface area contributed by atoms with Crippen molar-refractivity contribution in [2.24, 2.45) is 0 Å². The van der Waals surface area contributed by atoms with Crippen molar-refractivity contribution in [2.75, 3.05) is 43.4 Å². The maximum absolute atomic E-state index is 12.7. The highest BCUT2D eigenvalue weighted by Gasteiger charge is 2.35. The highest BCUT2D eigenvalue weighted by molar-refractivity contribution is 7.91. The Morgan fingerprint density at radius 3 is 2.39 bits per heavy atom. The van der Waals surface area contributed by atoms with E-state index in [4.69, 9.17) is 0 Å². The quantitative estimate of drug-likeness (QED) is 0.853. The predicted molar refractivity (Wildman–Crippen MR) is 109 cm³/mol. The lowest BCUT2D eigenvalue weighted by atomic mass is 10.1. The first kappa shape index (κ1) is 19.0. The molecule has 7 heteroatoms. The molecule has 1 amide bonds. The van der Waals surface area contributed by atoms with Crippen LogP contribution in [-0.2, 0) is 9.84 Å². The van der Waals surface area contributed by atoms with Gasteiger partial charge in [0.2, 0.25) is 0 Å². The van der Waals surface area contributed by atoms with Crippen LogP contribution in [0.3, 0.4) is 0 Å². The van der Waals surface area contributed by atoms with Crippen molar-refractivity contribution in [3.05, 3.63) is 59.7 Å². The Labute approximate surface area is 166 Å². The molecule has 2 aromatic rings. The fraction of sp³-hybridized carbons (Fsp3) is 0.381. The summed E-state index contributed by atoms with van der Waals surface area (Å²) in [5.74, 6) is -0.336. The Morgan fingerprint density at radius 1 is 1.04 bits per heavy atom. The number of nitrogens with zero attached hydrogens (tertiary/aromatic N) is 2. The molecule has 2 aromatic carbocycles. The third kappa shape index (κ3) is 3.64. The van der Waals surface area contributed by atoms with Crippen molar-refractivity contribution in [3.8, 4) is 0 Å². The first-order valence-electron chi connectivity index (χ1n) is 9.68. The SMILES string of the molecule is CCN1CCN(c2ccc(C(=O)NC3CS(=O)(=O)c4ccccc43)cc2)CC1. The van der Waals surface area contributed by atoms with Gasteiger partial charge in [0.05, 0.1) is 16.7 Å². The lowest BCUT2D eigenvalue weighted by molar-refractivity contribution is 0.0940. The molecule has 2 heterocycles. The molecule has 1 fully saturated rings. The molecular formula is C21H25N3O3S. The van der Waals surface area contributed by atoms with Crippen LogP contribution < -0.4 is 10.2 Å². The molecular weight excluding hydrogens is 374 g/mol. The maximum atomic E-state index is 12.7. The van der Waals surface area contributed by atoms with Crippen molar-refractivity contribution in [1.29, 1.82) is 0 Å². The van der Waals surface area contributed by atoms with Gasteiger partial charge in [-0.25, -0.2) is 8.42 Å². The molecule has 148 valence electrons. The highest BCUT2D eigenvalue weighted by atomic mass is 32.2. The van der Waals surface area contributed by atoms with E-state index in [0.29, 0.717) is 16.0 Å². The molecule has 28 heavy (non-hydrogen) atoms. The van der Waals surface area contributed by atoms with Gasteiger partial charge in [-0.3, -0.25) is 4.79 Å². The van der Waals surface area contributed by atoms with E-state index in [1.807, 2.05) is 24.3 Å². The molecule has 0 aliphatic carbocycles. The van der Waals surface area contributed by atoms with Crippen molar-refractivity contribution in [2.45, 2.75) is 17.9 Å².